The lowest BCUT2D eigenvalue weighted by atomic mass is 10.4. The van der Waals surface area contributed by atoms with Gasteiger partial charge in [-0.15, -0.1) is 11.3 Å². The number of rotatable bonds is 4. The van der Waals surface area contributed by atoms with Crippen LogP contribution in [0.1, 0.15) is 9.67 Å². The van der Waals surface area contributed by atoms with E-state index in [1.165, 1.54) is 0 Å². The Morgan fingerprint density at radius 2 is 2.42 bits per heavy atom. The average Bonchev–Trinajstić information content (AvgIpc) is 2.48. The summed E-state index contributed by atoms with van der Waals surface area (Å²) in [5, 5.41) is 18.7. The number of aliphatic hydroxyl groups is 1. The molecular formula is C7H8O4S. The summed E-state index contributed by atoms with van der Waals surface area (Å²) >= 11 is 1.10. The Balaban J connectivity index is 2.70. The summed E-state index contributed by atoms with van der Waals surface area (Å²) in [6, 6.07) is 1.57. The normalized spacial score (nSPS) is 9.75. The monoisotopic (exact) mass is 188 g/mol. The zero-order valence-corrected chi connectivity index (χ0v) is 7.00. The Morgan fingerprint density at radius 3 is 3.00 bits per heavy atom. The van der Waals surface area contributed by atoms with Gasteiger partial charge in [0.1, 0.15) is 12.4 Å². The molecule has 0 atom stereocenters. The number of aliphatic hydroxyl groups excluding tert-OH is 1. The third-order valence-electron chi connectivity index (χ3n) is 1.17. The van der Waals surface area contributed by atoms with Gasteiger partial charge < -0.3 is 14.9 Å². The molecule has 12 heavy (non-hydrogen) atoms. The van der Waals surface area contributed by atoms with E-state index in [2.05, 4.69) is 0 Å². The van der Waals surface area contributed by atoms with Gasteiger partial charge in [-0.3, -0.25) is 0 Å². The van der Waals surface area contributed by atoms with Crippen LogP contribution in [0.3, 0.4) is 0 Å². The van der Waals surface area contributed by atoms with Gasteiger partial charge in [0.15, 0.2) is 4.88 Å². The number of aromatic carboxylic acids is 1. The van der Waals surface area contributed by atoms with Crippen LogP contribution in [0.2, 0.25) is 0 Å². The zero-order valence-electron chi connectivity index (χ0n) is 6.19. The molecule has 0 aliphatic rings. The summed E-state index contributed by atoms with van der Waals surface area (Å²) in [4.78, 5) is 10.7. The van der Waals surface area contributed by atoms with Gasteiger partial charge in [-0.2, -0.15) is 0 Å². The summed E-state index contributed by atoms with van der Waals surface area (Å²) in [5.41, 5.74) is 0. The molecule has 0 bridgehead atoms. The van der Waals surface area contributed by atoms with Crippen molar-refractivity contribution in [2.24, 2.45) is 0 Å². The quantitative estimate of drug-likeness (QED) is 0.734. The van der Waals surface area contributed by atoms with E-state index in [9.17, 15) is 4.79 Å². The van der Waals surface area contributed by atoms with E-state index in [0.29, 0.717) is 5.75 Å². The number of hydrogen-bond acceptors (Lipinski definition) is 4. The molecule has 1 aromatic heterocycles. The smallest absolute Gasteiger partial charge is 0.349 e. The maximum absolute atomic E-state index is 10.5. The molecule has 0 unspecified atom stereocenters. The highest BCUT2D eigenvalue weighted by Gasteiger charge is 2.11. The van der Waals surface area contributed by atoms with E-state index in [0.717, 1.165) is 11.3 Å². The largest absolute Gasteiger partial charge is 0.489 e. The highest BCUT2D eigenvalue weighted by Crippen LogP contribution is 2.24. The van der Waals surface area contributed by atoms with Gasteiger partial charge in [0.05, 0.1) is 6.61 Å². The maximum Gasteiger partial charge on any atom is 0.349 e. The third-order valence-corrected chi connectivity index (χ3v) is 2.06. The van der Waals surface area contributed by atoms with Gasteiger partial charge in [0, 0.05) is 0 Å². The summed E-state index contributed by atoms with van der Waals surface area (Å²) in [6.07, 6.45) is 0. The van der Waals surface area contributed by atoms with E-state index >= 15 is 0 Å². The van der Waals surface area contributed by atoms with E-state index in [4.69, 9.17) is 14.9 Å². The van der Waals surface area contributed by atoms with Crippen molar-refractivity contribution in [3.05, 3.63) is 16.3 Å². The van der Waals surface area contributed by atoms with E-state index in [1.54, 1.807) is 11.4 Å². The Kier molecular flexibility index (Phi) is 3.07. The highest BCUT2D eigenvalue weighted by molar-refractivity contribution is 7.12. The fourth-order valence-corrected chi connectivity index (χ4v) is 1.39. The van der Waals surface area contributed by atoms with Crippen LogP contribution in [0, 0.1) is 0 Å². The van der Waals surface area contributed by atoms with Gasteiger partial charge in [-0.25, -0.2) is 4.79 Å². The summed E-state index contributed by atoms with van der Waals surface area (Å²) < 4.78 is 4.97. The molecule has 5 heteroatoms. The molecule has 1 aromatic rings. The number of carboxylic acid groups (broad SMARTS) is 1. The second-order valence-electron chi connectivity index (χ2n) is 1.99. The van der Waals surface area contributed by atoms with Gasteiger partial charge in [-0.05, 0) is 11.4 Å². The molecule has 0 fully saturated rings. The Labute approximate surface area is 73.0 Å². The molecule has 0 spiro atoms. The lowest BCUT2D eigenvalue weighted by molar-refractivity contribution is 0.0696. The van der Waals surface area contributed by atoms with Gasteiger partial charge in [-0.1, -0.05) is 0 Å². The molecule has 0 saturated carbocycles. The van der Waals surface area contributed by atoms with E-state index < -0.39 is 5.97 Å². The molecule has 0 amide bonds. The number of carboxylic acids is 1. The van der Waals surface area contributed by atoms with Gasteiger partial charge in [0.25, 0.3) is 0 Å². The number of hydrogen-bond donors (Lipinski definition) is 2. The molecule has 66 valence electrons. The first-order valence-electron chi connectivity index (χ1n) is 3.30. The van der Waals surface area contributed by atoms with Crippen LogP contribution in [-0.4, -0.2) is 29.4 Å². The van der Waals surface area contributed by atoms with Gasteiger partial charge in [0.2, 0.25) is 0 Å². The lowest BCUT2D eigenvalue weighted by Crippen LogP contribution is -2.04. The fourth-order valence-electron chi connectivity index (χ4n) is 0.723. The minimum atomic E-state index is -1.00. The van der Waals surface area contributed by atoms with Crippen LogP contribution >= 0.6 is 11.3 Å². The minimum Gasteiger partial charge on any atom is -0.489 e. The summed E-state index contributed by atoms with van der Waals surface area (Å²) in [6.45, 7) is 0.00587. The van der Waals surface area contributed by atoms with Crippen molar-refractivity contribution in [1.82, 2.24) is 0 Å². The number of ether oxygens (including phenoxy) is 1. The van der Waals surface area contributed by atoms with Crippen LogP contribution in [-0.2, 0) is 0 Å². The molecule has 1 rings (SSSR count). The molecule has 4 nitrogen and oxygen atoms in total. The second kappa shape index (κ2) is 4.08. The molecule has 0 saturated heterocycles. The first-order chi connectivity index (χ1) is 5.75. The first-order valence-corrected chi connectivity index (χ1v) is 4.18. The molecule has 0 aliphatic carbocycles. The van der Waals surface area contributed by atoms with Crippen molar-refractivity contribution in [1.29, 1.82) is 0 Å². The van der Waals surface area contributed by atoms with Crippen LogP contribution in [0.25, 0.3) is 0 Å². The van der Waals surface area contributed by atoms with Crippen LogP contribution in [0.5, 0.6) is 5.75 Å². The van der Waals surface area contributed by atoms with Crippen molar-refractivity contribution in [3.8, 4) is 5.75 Å². The predicted molar refractivity (Wildman–Crippen MR) is 43.9 cm³/mol. The average molecular weight is 188 g/mol. The first kappa shape index (κ1) is 9.02. The Hall–Kier alpha value is -1.07. The van der Waals surface area contributed by atoms with E-state index in [1.807, 2.05) is 0 Å². The van der Waals surface area contributed by atoms with E-state index in [-0.39, 0.29) is 18.1 Å². The van der Waals surface area contributed by atoms with Crippen molar-refractivity contribution >= 4 is 17.3 Å². The molecule has 0 radical (unpaired) electrons. The zero-order chi connectivity index (χ0) is 8.97. The highest BCUT2D eigenvalue weighted by atomic mass is 32.1. The lowest BCUT2D eigenvalue weighted by Gasteiger charge is -2.01. The van der Waals surface area contributed by atoms with Gasteiger partial charge >= 0.3 is 5.97 Å². The van der Waals surface area contributed by atoms with Crippen LogP contribution < -0.4 is 4.74 Å². The predicted octanol–water partition coefficient (Wildman–Crippen LogP) is 0.817. The number of thiophene rings is 1. The number of carbonyl (C=O) groups is 1. The maximum atomic E-state index is 10.5. The van der Waals surface area contributed by atoms with Crippen molar-refractivity contribution < 1.29 is 19.7 Å². The summed E-state index contributed by atoms with van der Waals surface area (Å²) in [7, 11) is 0. The van der Waals surface area contributed by atoms with Crippen molar-refractivity contribution in [3.63, 3.8) is 0 Å². The van der Waals surface area contributed by atoms with Crippen LogP contribution in [0.15, 0.2) is 11.4 Å². The summed E-state index contributed by atoms with van der Waals surface area (Å²) in [5.74, 6) is -0.681. The van der Waals surface area contributed by atoms with Crippen LogP contribution in [0.4, 0.5) is 0 Å². The Bertz CT molecular complexity index is 268. The SMILES string of the molecule is O=C(O)c1sccc1OCCO. The molecule has 1 heterocycles. The van der Waals surface area contributed by atoms with Crippen molar-refractivity contribution in [2.75, 3.05) is 13.2 Å². The minimum absolute atomic E-state index is 0.116. The molecule has 0 aromatic carbocycles. The molecular weight excluding hydrogens is 180 g/mol. The topological polar surface area (TPSA) is 66.8 Å². The van der Waals surface area contributed by atoms with Crippen molar-refractivity contribution in [2.45, 2.75) is 0 Å². The second-order valence-corrected chi connectivity index (χ2v) is 2.91. The molecule has 2 N–H and O–H groups in total. The third kappa shape index (κ3) is 1.96. The Morgan fingerprint density at radius 1 is 1.67 bits per heavy atom. The molecule has 0 aliphatic heterocycles. The fraction of sp³-hybridized carbons (Fsp3) is 0.286. The standard InChI is InChI=1S/C7H8O4S/c8-2-3-11-5-1-4-12-6(5)7(9)10/h1,4,8H,2-3H2,(H,9,10).